The van der Waals surface area contributed by atoms with Gasteiger partial charge in [0.1, 0.15) is 17.6 Å². The van der Waals surface area contributed by atoms with Crippen LogP contribution in [0.3, 0.4) is 0 Å². The highest BCUT2D eigenvalue weighted by atomic mass is 16.5. The van der Waals surface area contributed by atoms with Crippen molar-refractivity contribution in [1.29, 1.82) is 0 Å². The van der Waals surface area contributed by atoms with Gasteiger partial charge in [-0.15, -0.1) is 10.2 Å². The number of ether oxygens (including phenoxy) is 1. The van der Waals surface area contributed by atoms with Gasteiger partial charge in [-0.3, -0.25) is 4.79 Å². The number of aryl methyl sites for hydroxylation is 1. The molecule has 1 aromatic carbocycles. The molecule has 4 aromatic rings. The molecule has 0 aliphatic carbocycles. The van der Waals surface area contributed by atoms with E-state index in [1.165, 1.54) is 0 Å². The average molecular weight is 388 g/mol. The zero-order valence-electron chi connectivity index (χ0n) is 16.0. The molecule has 0 atom stereocenters. The van der Waals surface area contributed by atoms with Crippen molar-refractivity contribution in [2.45, 2.75) is 26.3 Å². The van der Waals surface area contributed by atoms with Crippen LogP contribution in [0.2, 0.25) is 0 Å². The Bertz CT molecular complexity index is 1180. The summed E-state index contributed by atoms with van der Waals surface area (Å²) in [5.74, 6) is 2.32. The van der Waals surface area contributed by atoms with Crippen LogP contribution in [0.5, 0.6) is 11.5 Å². The Morgan fingerprint density at radius 1 is 1.17 bits per heavy atom. The summed E-state index contributed by atoms with van der Waals surface area (Å²) in [6, 6.07) is 9.56. The second kappa shape index (κ2) is 7.05. The lowest BCUT2D eigenvalue weighted by Crippen LogP contribution is -2.23. The van der Waals surface area contributed by atoms with E-state index in [0.29, 0.717) is 17.9 Å². The Hall–Kier alpha value is -3.68. The Morgan fingerprint density at radius 3 is 2.79 bits per heavy atom. The van der Waals surface area contributed by atoms with Gasteiger partial charge in [-0.1, -0.05) is 0 Å². The van der Waals surface area contributed by atoms with E-state index in [9.17, 15) is 4.79 Å². The molecular formula is C21H20N6O2. The third kappa shape index (κ3) is 3.12. The molecule has 0 N–H and O–H groups in total. The third-order valence-electron chi connectivity index (χ3n) is 5.15. The molecule has 1 saturated heterocycles. The first-order chi connectivity index (χ1) is 14.2. The highest BCUT2D eigenvalue weighted by molar-refractivity contribution is 5.95. The number of imidazole rings is 1. The van der Waals surface area contributed by atoms with Gasteiger partial charge in [0, 0.05) is 37.0 Å². The van der Waals surface area contributed by atoms with Gasteiger partial charge in [0.2, 0.25) is 5.91 Å². The summed E-state index contributed by atoms with van der Waals surface area (Å²) in [6.45, 7) is 3.60. The molecule has 1 aliphatic rings. The largest absolute Gasteiger partial charge is 0.455 e. The Morgan fingerprint density at radius 2 is 2.03 bits per heavy atom. The summed E-state index contributed by atoms with van der Waals surface area (Å²) in [5, 5.41) is 8.26. The molecule has 5 rings (SSSR count). The zero-order chi connectivity index (χ0) is 19.8. The van der Waals surface area contributed by atoms with Crippen LogP contribution in [-0.2, 0) is 11.3 Å². The fraction of sp³-hybridized carbons (Fsp3) is 0.238. The lowest BCUT2D eigenvalue weighted by Gasteiger charge is -2.16. The molecule has 29 heavy (non-hydrogen) atoms. The second-order valence-electron chi connectivity index (χ2n) is 6.96. The molecule has 146 valence electrons. The van der Waals surface area contributed by atoms with Crippen LogP contribution in [0.4, 0.5) is 5.69 Å². The van der Waals surface area contributed by atoms with Crippen molar-refractivity contribution in [2.75, 3.05) is 11.4 Å². The molecule has 0 spiro atoms. The topological polar surface area (TPSA) is 77.5 Å². The molecule has 0 unspecified atom stereocenters. The fourth-order valence-electron chi connectivity index (χ4n) is 3.66. The van der Waals surface area contributed by atoms with Crippen LogP contribution in [0, 0.1) is 0 Å². The molecule has 8 heteroatoms. The number of pyridine rings is 1. The van der Waals surface area contributed by atoms with Crippen molar-refractivity contribution in [2.24, 2.45) is 0 Å². The maximum absolute atomic E-state index is 11.9. The van der Waals surface area contributed by atoms with Gasteiger partial charge >= 0.3 is 0 Å². The molecule has 0 radical (unpaired) electrons. The standard InChI is InChI=1S/C21H20N6O2/c1-2-25-14-23-24-21(25)15-10-19(18-11-22-13-26(18)12-15)29-17-7-5-16(6-8-17)27-9-3-4-20(27)28/h5-8,10-14H,2-4,9H2,1H3. The second-order valence-corrected chi connectivity index (χ2v) is 6.96. The minimum absolute atomic E-state index is 0.173. The Kier molecular flexibility index (Phi) is 4.23. The predicted molar refractivity (Wildman–Crippen MR) is 108 cm³/mol. The third-order valence-corrected chi connectivity index (χ3v) is 5.15. The molecule has 0 bridgehead atoms. The van der Waals surface area contributed by atoms with Crippen molar-refractivity contribution in [3.63, 3.8) is 0 Å². The van der Waals surface area contributed by atoms with Crippen LogP contribution < -0.4 is 9.64 Å². The number of hydrogen-bond acceptors (Lipinski definition) is 5. The maximum Gasteiger partial charge on any atom is 0.227 e. The summed E-state index contributed by atoms with van der Waals surface area (Å²) < 4.78 is 10.1. The van der Waals surface area contributed by atoms with E-state index in [4.69, 9.17) is 4.74 Å². The highest BCUT2D eigenvalue weighted by Crippen LogP contribution is 2.32. The summed E-state index contributed by atoms with van der Waals surface area (Å²) in [4.78, 5) is 18.0. The van der Waals surface area contributed by atoms with Crippen LogP contribution in [0.1, 0.15) is 19.8 Å². The van der Waals surface area contributed by atoms with E-state index in [0.717, 1.165) is 42.1 Å². The number of fused-ring (bicyclic) bond motifs is 1. The Balaban J connectivity index is 1.48. The molecule has 1 fully saturated rings. The van der Waals surface area contributed by atoms with Gasteiger partial charge in [-0.05, 0) is 43.7 Å². The first kappa shape index (κ1) is 17.4. The molecule has 0 saturated carbocycles. The van der Waals surface area contributed by atoms with E-state index >= 15 is 0 Å². The number of amides is 1. The fourth-order valence-corrected chi connectivity index (χ4v) is 3.66. The summed E-state index contributed by atoms with van der Waals surface area (Å²) in [5.41, 5.74) is 2.65. The van der Waals surface area contributed by atoms with Gasteiger partial charge in [-0.25, -0.2) is 4.98 Å². The van der Waals surface area contributed by atoms with Crippen LogP contribution in [-0.4, -0.2) is 36.6 Å². The first-order valence-electron chi connectivity index (χ1n) is 9.65. The molecular weight excluding hydrogens is 368 g/mol. The highest BCUT2D eigenvalue weighted by Gasteiger charge is 2.21. The van der Waals surface area contributed by atoms with E-state index < -0.39 is 0 Å². The minimum atomic E-state index is 0.173. The van der Waals surface area contributed by atoms with Crippen molar-refractivity contribution in [3.05, 3.63) is 55.4 Å². The van der Waals surface area contributed by atoms with Gasteiger partial charge in [-0.2, -0.15) is 0 Å². The minimum Gasteiger partial charge on any atom is -0.455 e. The molecule has 8 nitrogen and oxygen atoms in total. The number of nitrogens with zero attached hydrogens (tertiary/aromatic N) is 6. The molecule has 4 heterocycles. The number of carbonyl (C=O) groups excluding carboxylic acids is 1. The molecule has 3 aromatic heterocycles. The number of rotatable bonds is 5. The number of aromatic nitrogens is 5. The molecule has 1 amide bonds. The van der Waals surface area contributed by atoms with E-state index in [2.05, 4.69) is 15.2 Å². The SMILES string of the molecule is CCn1cnnc1-c1cc(Oc2ccc(N3CCCC3=O)cc2)c2cncn2c1. The number of carbonyl (C=O) groups is 1. The normalized spacial score (nSPS) is 14.1. The van der Waals surface area contributed by atoms with Crippen LogP contribution >= 0.6 is 0 Å². The lowest BCUT2D eigenvalue weighted by atomic mass is 10.2. The van der Waals surface area contributed by atoms with Crippen molar-refractivity contribution in [1.82, 2.24) is 24.1 Å². The lowest BCUT2D eigenvalue weighted by molar-refractivity contribution is -0.117. The summed E-state index contributed by atoms with van der Waals surface area (Å²) >= 11 is 0. The average Bonchev–Trinajstić information content (AvgIpc) is 3.48. The zero-order valence-corrected chi connectivity index (χ0v) is 16.0. The van der Waals surface area contributed by atoms with Crippen molar-refractivity contribution >= 4 is 17.1 Å². The maximum atomic E-state index is 11.9. The van der Waals surface area contributed by atoms with Crippen LogP contribution in [0.25, 0.3) is 16.9 Å². The smallest absolute Gasteiger partial charge is 0.227 e. The van der Waals surface area contributed by atoms with E-state index in [1.54, 1.807) is 18.9 Å². The van der Waals surface area contributed by atoms with E-state index in [1.807, 2.05) is 57.3 Å². The first-order valence-corrected chi connectivity index (χ1v) is 9.65. The van der Waals surface area contributed by atoms with Gasteiger partial charge in [0.05, 0.1) is 12.5 Å². The van der Waals surface area contributed by atoms with Gasteiger partial charge in [0.25, 0.3) is 0 Å². The summed E-state index contributed by atoms with van der Waals surface area (Å²) in [6.07, 6.45) is 8.71. The molecule has 1 aliphatic heterocycles. The quantitative estimate of drug-likeness (QED) is 0.523. The predicted octanol–water partition coefficient (Wildman–Crippen LogP) is 3.53. The Labute approximate surface area is 167 Å². The number of benzene rings is 1. The van der Waals surface area contributed by atoms with E-state index in [-0.39, 0.29) is 5.91 Å². The monoisotopic (exact) mass is 388 g/mol. The van der Waals surface area contributed by atoms with Crippen molar-refractivity contribution in [3.8, 4) is 22.9 Å². The van der Waals surface area contributed by atoms with Crippen molar-refractivity contribution < 1.29 is 9.53 Å². The van der Waals surface area contributed by atoms with Crippen LogP contribution in [0.15, 0.2) is 55.4 Å². The van der Waals surface area contributed by atoms with Gasteiger partial charge in [0.15, 0.2) is 11.6 Å². The number of hydrogen-bond donors (Lipinski definition) is 0. The summed E-state index contributed by atoms with van der Waals surface area (Å²) in [7, 11) is 0. The number of anilines is 1. The van der Waals surface area contributed by atoms with Gasteiger partial charge < -0.3 is 18.6 Å².